The van der Waals surface area contributed by atoms with E-state index in [9.17, 15) is 9.18 Å². The molecule has 0 bridgehead atoms. The lowest BCUT2D eigenvalue weighted by atomic mass is 9.91. The van der Waals surface area contributed by atoms with Crippen LogP contribution in [0.3, 0.4) is 0 Å². The predicted octanol–water partition coefficient (Wildman–Crippen LogP) is 2.10. The smallest absolute Gasteiger partial charge is 0.222 e. The summed E-state index contributed by atoms with van der Waals surface area (Å²) in [6.07, 6.45) is 1.08. The number of hydrogen-bond donors (Lipinski definition) is 1. The molecule has 1 aliphatic heterocycles. The molecule has 1 fully saturated rings. The van der Waals surface area contributed by atoms with Crippen LogP contribution in [0.2, 0.25) is 5.02 Å². The lowest BCUT2D eigenvalue weighted by molar-refractivity contribution is -0.135. The summed E-state index contributed by atoms with van der Waals surface area (Å²) in [5.41, 5.74) is 6.73. The monoisotopic (exact) mass is 256 g/mol. The Morgan fingerprint density at radius 3 is 2.88 bits per heavy atom. The third-order valence-electron chi connectivity index (χ3n) is 3.19. The minimum Gasteiger partial charge on any atom is -0.337 e. The number of amides is 1. The molecule has 1 aromatic rings. The third-order valence-corrected chi connectivity index (χ3v) is 3.52. The Kier molecular flexibility index (Phi) is 3.35. The molecule has 1 amide bonds. The molecule has 0 radical (unpaired) electrons. The van der Waals surface area contributed by atoms with E-state index in [1.807, 2.05) is 0 Å². The first-order valence-electron chi connectivity index (χ1n) is 5.47. The second-order valence-electron chi connectivity index (χ2n) is 4.32. The molecule has 0 spiro atoms. The summed E-state index contributed by atoms with van der Waals surface area (Å²) in [6, 6.07) is 3.74. The topological polar surface area (TPSA) is 46.3 Å². The van der Waals surface area contributed by atoms with Crippen LogP contribution in [0.5, 0.6) is 0 Å². The number of nitrogens with two attached hydrogens (primary N) is 1. The Morgan fingerprint density at radius 2 is 2.24 bits per heavy atom. The Morgan fingerprint density at radius 1 is 1.53 bits per heavy atom. The van der Waals surface area contributed by atoms with Crippen LogP contribution in [0.25, 0.3) is 0 Å². The second kappa shape index (κ2) is 4.63. The number of carbonyl (C=O) groups excluding carboxylic acids is 1. The second-order valence-corrected chi connectivity index (χ2v) is 4.73. The zero-order chi connectivity index (χ0) is 12.6. The van der Waals surface area contributed by atoms with Gasteiger partial charge in [-0.1, -0.05) is 17.7 Å². The van der Waals surface area contributed by atoms with Gasteiger partial charge in [-0.2, -0.15) is 0 Å². The Labute approximate surface area is 104 Å². The van der Waals surface area contributed by atoms with E-state index in [0.29, 0.717) is 23.4 Å². The maximum atomic E-state index is 13.0. The summed E-state index contributed by atoms with van der Waals surface area (Å²) in [5.74, 6) is -0.353. The number of likely N-dealkylation sites (tertiary alicyclic amines) is 1. The highest BCUT2D eigenvalue weighted by molar-refractivity contribution is 6.31. The molecule has 5 heteroatoms. The molecule has 92 valence electrons. The molecule has 1 aliphatic rings. The van der Waals surface area contributed by atoms with Gasteiger partial charge >= 0.3 is 0 Å². The van der Waals surface area contributed by atoms with Gasteiger partial charge in [-0.25, -0.2) is 4.39 Å². The first-order valence-corrected chi connectivity index (χ1v) is 5.84. The van der Waals surface area contributed by atoms with E-state index >= 15 is 0 Å². The van der Waals surface area contributed by atoms with Crippen LogP contribution in [0.1, 0.15) is 24.4 Å². The summed E-state index contributed by atoms with van der Waals surface area (Å²) in [6.45, 7) is 0. The number of carbonyl (C=O) groups is 1. The van der Waals surface area contributed by atoms with E-state index < -0.39 is 5.82 Å². The highest BCUT2D eigenvalue weighted by Crippen LogP contribution is 2.33. The van der Waals surface area contributed by atoms with E-state index in [2.05, 4.69) is 0 Å². The Balaban J connectivity index is 2.39. The Hall–Kier alpha value is -1.13. The fraction of sp³-hybridized carbons (Fsp3) is 0.417. The van der Waals surface area contributed by atoms with Gasteiger partial charge in [-0.15, -0.1) is 0 Å². The van der Waals surface area contributed by atoms with E-state index in [4.69, 9.17) is 17.3 Å². The van der Waals surface area contributed by atoms with Crippen molar-refractivity contribution in [2.75, 3.05) is 7.05 Å². The highest BCUT2D eigenvalue weighted by atomic mass is 35.5. The SMILES string of the molecule is CN1C(=O)CCC(N)C1c1ccc(F)cc1Cl. The maximum Gasteiger partial charge on any atom is 0.222 e. The third kappa shape index (κ3) is 2.28. The van der Waals surface area contributed by atoms with Crippen molar-refractivity contribution in [2.45, 2.75) is 24.9 Å². The summed E-state index contributed by atoms with van der Waals surface area (Å²) >= 11 is 6.01. The van der Waals surface area contributed by atoms with Crippen molar-refractivity contribution in [1.82, 2.24) is 4.90 Å². The Bertz CT molecular complexity index is 452. The van der Waals surface area contributed by atoms with Crippen molar-refractivity contribution >= 4 is 17.5 Å². The standard InChI is InChI=1S/C12H14ClFN2O/c1-16-11(17)5-4-10(15)12(16)8-3-2-7(14)6-9(8)13/h2-3,6,10,12H,4-5,15H2,1H3. The van der Waals surface area contributed by atoms with Crippen molar-refractivity contribution in [3.63, 3.8) is 0 Å². The molecule has 1 heterocycles. The van der Waals surface area contributed by atoms with Gasteiger partial charge in [0.15, 0.2) is 0 Å². The number of likely N-dealkylation sites (N-methyl/N-ethyl adjacent to an activating group) is 1. The van der Waals surface area contributed by atoms with Gasteiger partial charge in [0.05, 0.1) is 6.04 Å². The number of halogens is 2. The number of hydrogen-bond acceptors (Lipinski definition) is 2. The number of nitrogens with zero attached hydrogens (tertiary/aromatic N) is 1. The summed E-state index contributed by atoms with van der Waals surface area (Å²) in [7, 11) is 1.70. The first kappa shape index (κ1) is 12.3. The van der Waals surface area contributed by atoms with Crippen LogP contribution in [0.4, 0.5) is 4.39 Å². The number of rotatable bonds is 1. The number of benzene rings is 1. The molecule has 2 atom stereocenters. The van der Waals surface area contributed by atoms with Crippen LogP contribution >= 0.6 is 11.6 Å². The van der Waals surface area contributed by atoms with Gasteiger partial charge in [-0.05, 0) is 24.1 Å². The largest absolute Gasteiger partial charge is 0.337 e. The van der Waals surface area contributed by atoms with Crippen molar-refractivity contribution in [3.8, 4) is 0 Å². The van der Waals surface area contributed by atoms with Gasteiger partial charge in [0.25, 0.3) is 0 Å². The van der Waals surface area contributed by atoms with Gasteiger partial charge < -0.3 is 10.6 Å². The molecule has 17 heavy (non-hydrogen) atoms. The van der Waals surface area contributed by atoms with Gasteiger partial charge in [-0.3, -0.25) is 4.79 Å². The van der Waals surface area contributed by atoms with Gasteiger partial charge in [0.2, 0.25) is 5.91 Å². The van der Waals surface area contributed by atoms with Gasteiger partial charge in [0.1, 0.15) is 5.82 Å². The van der Waals surface area contributed by atoms with Crippen LogP contribution in [-0.4, -0.2) is 23.9 Å². The van der Waals surface area contributed by atoms with E-state index in [-0.39, 0.29) is 18.0 Å². The predicted molar refractivity (Wildman–Crippen MR) is 64.1 cm³/mol. The molecule has 2 N–H and O–H groups in total. The zero-order valence-electron chi connectivity index (χ0n) is 9.49. The molecule has 0 aromatic heterocycles. The highest BCUT2D eigenvalue weighted by Gasteiger charge is 2.33. The average Bonchev–Trinajstić information content (AvgIpc) is 2.27. The quantitative estimate of drug-likeness (QED) is 0.836. The lowest BCUT2D eigenvalue weighted by Crippen LogP contribution is -2.46. The minimum absolute atomic E-state index is 0.0390. The molecule has 0 saturated carbocycles. The summed E-state index contributed by atoms with van der Waals surface area (Å²) in [4.78, 5) is 13.2. The van der Waals surface area contributed by atoms with Crippen molar-refractivity contribution < 1.29 is 9.18 Å². The summed E-state index contributed by atoms with van der Waals surface area (Å²) in [5, 5.41) is 0.312. The minimum atomic E-state index is -0.392. The molecular weight excluding hydrogens is 243 g/mol. The lowest BCUT2D eigenvalue weighted by Gasteiger charge is -2.37. The van der Waals surface area contributed by atoms with Crippen LogP contribution < -0.4 is 5.73 Å². The summed E-state index contributed by atoms with van der Waals surface area (Å²) < 4.78 is 13.0. The van der Waals surface area contributed by atoms with Crippen LogP contribution in [0.15, 0.2) is 18.2 Å². The molecule has 3 nitrogen and oxygen atoms in total. The molecular formula is C12H14ClFN2O. The van der Waals surface area contributed by atoms with Gasteiger partial charge in [0, 0.05) is 24.5 Å². The molecule has 0 aliphatic carbocycles. The van der Waals surface area contributed by atoms with Crippen molar-refractivity contribution in [1.29, 1.82) is 0 Å². The van der Waals surface area contributed by atoms with E-state index in [1.54, 1.807) is 18.0 Å². The fourth-order valence-corrected chi connectivity index (χ4v) is 2.53. The van der Waals surface area contributed by atoms with Crippen LogP contribution in [-0.2, 0) is 4.79 Å². The van der Waals surface area contributed by atoms with E-state index in [0.717, 1.165) is 0 Å². The molecule has 2 unspecified atom stereocenters. The maximum absolute atomic E-state index is 13.0. The van der Waals surface area contributed by atoms with E-state index in [1.165, 1.54) is 12.1 Å². The fourth-order valence-electron chi connectivity index (χ4n) is 2.25. The van der Waals surface area contributed by atoms with Crippen LogP contribution in [0, 0.1) is 5.82 Å². The zero-order valence-corrected chi connectivity index (χ0v) is 10.2. The number of piperidine rings is 1. The molecule has 1 saturated heterocycles. The average molecular weight is 257 g/mol. The van der Waals surface area contributed by atoms with Crippen molar-refractivity contribution in [2.24, 2.45) is 5.73 Å². The molecule has 2 rings (SSSR count). The normalized spacial score (nSPS) is 25.2. The van der Waals surface area contributed by atoms with Crippen molar-refractivity contribution in [3.05, 3.63) is 34.6 Å². The molecule has 1 aromatic carbocycles. The first-order chi connectivity index (χ1) is 8.00.